The fourth-order valence-corrected chi connectivity index (χ4v) is 3.34. The molecular weight excluding hydrogens is 368 g/mol. The molecular formula is C19H18N2O5S. The van der Waals surface area contributed by atoms with E-state index in [0.29, 0.717) is 12.0 Å². The molecule has 0 radical (unpaired) electrons. The van der Waals surface area contributed by atoms with Gasteiger partial charge in [0.25, 0.3) is 5.91 Å². The van der Waals surface area contributed by atoms with Gasteiger partial charge in [0.15, 0.2) is 0 Å². The number of hydrogen-bond donors (Lipinski definition) is 1. The lowest BCUT2D eigenvalue weighted by Gasteiger charge is -2.29. The molecule has 3 rings (SSSR count). The molecule has 0 aliphatic carbocycles. The Morgan fingerprint density at radius 3 is 2.33 bits per heavy atom. The highest BCUT2D eigenvalue weighted by molar-refractivity contribution is 7.89. The Balaban J connectivity index is 1.71. The minimum atomic E-state index is -4.28. The number of rotatable bonds is 6. The van der Waals surface area contributed by atoms with Gasteiger partial charge in [-0.3, -0.25) is 4.79 Å². The maximum atomic E-state index is 12.5. The zero-order chi connectivity index (χ0) is 19.3. The molecule has 1 aliphatic heterocycles. The van der Waals surface area contributed by atoms with Crippen LogP contribution in [0.2, 0.25) is 0 Å². The van der Waals surface area contributed by atoms with Crippen molar-refractivity contribution in [3.8, 4) is 0 Å². The van der Waals surface area contributed by atoms with E-state index >= 15 is 0 Å². The molecule has 140 valence electrons. The molecule has 1 atom stereocenters. The van der Waals surface area contributed by atoms with Gasteiger partial charge >= 0.3 is 16.1 Å². The largest absolute Gasteiger partial charge is 0.349 e. The van der Waals surface area contributed by atoms with E-state index in [1.54, 1.807) is 30.3 Å². The molecule has 1 saturated heterocycles. The van der Waals surface area contributed by atoms with E-state index in [9.17, 15) is 18.0 Å². The molecule has 3 amide bonds. The summed E-state index contributed by atoms with van der Waals surface area (Å²) in [5, 5.41) is 3.57. The van der Waals surface area contributed by atoms with Crippen LogP contribution in [0.5, 0.6) is 0 Å². The zero-order valence-corrected chi connectivity index (χ0v) is 15.1. The van der Waals surface area contributed by atoms with Gasteiger partial charge in [-0.25, -0.2) is 4.79 Å². The van der Waals surface area contributed by atoms with E-state index in [1.165, 1.54) is 6.08 Å². The summed E-state index contributed by atoms with van der Waals surface area (Å²) < 4.78 is 29.0. The number of carbonyl (C=O) groups is 2. The first-order valence-corrected chi connectivity index (χ1v) is 9.75. The molecule has 1 fully saturated rings. The standard InChI is InChI=1S/C19H18N2O5S/c22-18-17(13-16-9-5-2-6-10-16)14-20-19(23)21(18)26-27(24,25)12-11-15-7-3-1-4-8-15/h1-12,17H,13-14H2,(H,20,23)/b12-11+. The van der Waals surface area contributed by atoms with Crippen molar-refractivity contribution in [3.63, 3.8) is 0 Å². The fourth-order valence-electron chi connectivity index (χ4n) is 2.62. The number of benzene rings is 2. The Morgan fingerprint density at radius 1 is 1.04 bits per heavy atom. The third-order valence-electron chi connectivity index (χ3n) is 3.96. The Kier molecular flexibility index (Phi) is 5.68. The van der Waals surface area contributed by atoms with E-state index < -0.39 is 28.0 Å². The van der Waals surface area contributed by atoms with Crippen LogP contribution in [0.3, 0.4) is 0 Å². The third-order valence-corrected chi connectivity index (χ3v) is 4.79. The molecule has 1 unspecified atom stereocenters. The van der Waals surface area contributed by atoms with Crippen molar-refractivity contribution in [2.24, 2.45) is 5.92 Å². The van der Waals surface area contributed by atoms with Gasteiger partial charge in [-0.05, 0) is 23.6 Å². The van der Waals surface area contributed by atoms with E-state index in [1.807, 2.05) is 30.3 Å². The van der Waals surface area contributed by atoms with E-state index in [4.69, 9.17) is 4.28 Å². The number of nitrogens with one attached hydrogen (secondary N) is 1. The summed E-state index contributed by atoms with van der Waals surface area (Å²) in [6.07, 6.45) is 1.68. The molecule has 1 aliphatic rings. The topological polar surface area (TPSA) is 92.8 Å². The SMILES string of the molecule is O=C1NCC(Cc2ccccc2)C(=O)N1OS(=O)(=O)/C=C/c1ccccc1. The number of hydroxylamine groups is 2. The van der Waals surface area contributed by atoms with Crippen LogP contribution < -0.4 is 5.32 Å². The second kappa shape index (κ2) is 8.15. The van der Waals surface area contributed by atoms with Gasteiger partial charge in [-0.15, -0.1) is 9.35 Å². The highest BCUT2D eigenvalue weighted by Gasteiger charge is 2.37. The van der Waals surface area contributed by atoms with Gasteiger partial charge in [-0.2, -0.15) is 8.42 Å². The molecule has 1 N–H and O–H groups in total. The van der Waals surface area contributed by atoms with Crippen molar-refractivity contribution in [3.05, 3.63) is 77.2 Å². The fraction of sp³-hybridized carbons (Fsp3) is 0.158. The maximum absolute atomic E-state index is 12.5. The Morgan fingerprint density at radius 2 is 1.67 bits per heavy atom. The highest BCUT2D eigenvalue weighted by atomic mass is 32.2. The summed E-state index contributed by atoms with van der Waals surface area (Å²) in [6, 6.07) is 17.1. The first-order valence-electron chi connectivity index (χ1n) is 8.28. The van der Waals surface area contributed by atoms with Crippen molar-refractivity contribution in [2.45, 2.75) is 6.42 Å². The first-order chi connectivity index (χ1) is 12.9. The normalized spacial score (nSPS) is 17.9. The van der Waals surface area contributed by atoms with E-state index in [-0.39, 0.29) is 11.6 Å². The Bertz CT molecular complexity index is 943. The lowest BCUT2D eigenvalue weighted by molar-refractivity contribution is -0.153. The van der Waals surface area contributed by atoms with Crippen molar-refractivity contribution < 1.29 is 22.3 Å². The van der Waals surface area contributed by atoms with Gasteiger partial charge in [0, 0.05) is 6.54 Å². The van der Waals surface area contributed by atoms with Crippen LogP contribution in [-0.4, -0.2) is 32.0 Å². The minimum absolute atomic E-state index is 0.117. The van der Waals surface area contributed by atoms with Crippen LogP contribution in [0.15, 0.2) is 66.1 Å². The lowest BCUT2D eigenvalue weighted by Crippen LogP contribution is -2.55. The summed E-state index contributed by atoms with van der Waals surface area (Å²) in [6.45, 7) is 0.117. The zero-order valence-electron chi connectivity index (χ0n) is 14.3. The minimum Gasteiger partial charge on any atom is -0.335 e. The van der Waals surface area contributed by atoms with Gasteiger partial charge in [0.05, 0.1) is 11.3 Å². The van der Waals surface area contributed by atoms with Crippen molar-refractivity contribution >= 4 is 28.1 Å². The third kappa shape index (κ3) is 5.02. The molecule has 0 spiro atoms. The summed E-state index contributed by atoms with van der Waals surface area (Å²) >= 11 is 0. The number of nitrogens with zero attached hydrogens (tertiary/aromatic N) is 1. The molecule has 1 heterocycles. The summed E-state index contributed by atoms with van der Waals surface area (Å²) in [7, 11) is -4.28. The van der Waals surface area contributed by atoms with E-state index in [2.05, 4.69) is 5.32 Å². The molecule has 0 bridgehead atoms. The molecule has 8 heteroatoms. The Labute approximate surface area is 157 Å². The predicted octanol–water partition coefficient (Wildman–Crippen LogP) is 2.33. The van der Waals surface area contributed by atoms with Crippen LogP contribution in [0.25, 0.3) is 6.08 Å². The van der Waals surface area contributed by atoms with Crippen LogP contribution in [-0.2, 0) is 25.6 Å². The molecule has 27 heavy (non-hydrogen) atoms. The van der Waals surface area contributed by atoms with Gasteiger partial charge in [0.2, 0.25) is 0 Å². The summed E-state index contributed by atoms with van der Waals surface area (Å²) in [5.74, 6) is -1.31. The Hall–Kier alpha value is -2.97. The van der Waals surface area contributed by atoms with Crippen LogP contribution >= 0.6 is 0 Å². The van der Waals surface area contributed by atoms with Crippen LogP contribution in [0.4, 0.5) is 4.79 Å². The van der Waals surface area contributed by atoms with Crippen molar-refractivity contribution in [1.82, 2.24) is 10.4 Å². The van der Waals surface area contributed by atoms with Crippen molar-refractivity contribution in [1.29, 1.82) is 0 Å². The lowest BCUT2D eigenvalue weighted by atomic mass is 9.97. The molecule has 2 aromatic carbocycles. The molecule has 7 nitrogen and oxygen atoms in total. The van der Waals surface area contributed by atoms with Crippen molar-refractivity contribution in [2.75, 3.05) is 6.54 Å². The quantitative estimate of drug-likeness (QED) is 0.823. The van der Waals surface area contributed by atoms with Crippen LogP contribution in [0.1, 0.15) is 11.1 Å². The summed E-state index contributed by atoms with van der Waals surface area (Å²) in [4.78, 5) is 24.5. The van der Waals surface area contributed by atoms with E-state index in [0.717, 1.165) is 11.0 Å². The van der Waals surface area contributed by atoms with Gasteiger partial charge < -0.3 is 5.32 Å². The van der Waals surface area contributed by atoms with Gasteiger partial charge in [0.1, 0.15) is 0 Å². The molecule has 2 aromatic rings. The number of hydrogen-bond acceptors (Lipinski definition) is 5. The second-order valence-corrected chi connectivity index (χ2v) is 7.39. The smallest absolute Gasteiger partial charge is 0.335 e. The number of urea groups is 1. The molecule has 0 saturated carbocycles. The van der Waals surface area contributed by atoms with Crippen LogP contribution in [0, 0.1) is 5.92 Å². The summed E-state index contributed by atoms with van der Waals surface area (Å²) in [5.41, 5.74) is 1.54. The van der Waals surface area contributed by atoms with Gasteiger partial charge in [-0.1, -0.05) is 60.7 Å². The second-order valence-electron chi connectivity index (χ2n) is 5.99. The average molecular weight is 386 g/mol. The highest BCUT2D eigenvalue weighted by Crippen LogP contribution is 2.17. The number of imide groups is 1. The first kappa shape index (κ1) is 18.8. The number of amides is 3. The number of carbonyl (C=O) groups excluding carboxylic acids is 2. The predicted molar refractivity (Wildman–Crippen MR) is 99.4 cm³/mol. The molecule has 0 aromatic heterocycles. The maximum Gasteiger partial charge on any atom is 0.349 e. The average Bonchev–Trinajstić information content (AvgIpc) is 2.68. The monoisotopic (exact) mass is 386 g/mol.